The van der Waals surface area contributed by atoms with E-state index in [1.54, 1.807) is 12.2 Å². The molecule has 0 fully saturated rings. The lowest BCUT2D eigenvalue weighted by Crippen LogP contribution is -2.40. The second-order valence-corrected chi connectivity index (χ2v) is 3.15. The number of primary amides is 1. The third kappa shape index (κ3) is 4.30. The first-order valence-electron chi connectivity index (χ1n) is 4.22. The molecule has 0 spiro atoms. The third-order valence-corrected chi connectivity index (χ3v) is 1.67. The molecule has 4 heteroatoms. The van der Waals surface area contributed by atoms with Gasteiger partial charge in [0.05, 0.1) is 5.92 Å². The Hall–Kier alpha value is -1.32. The summed E-state index contributed by atoms with van der Waals surface area (Å²) in [5.41, 5.74) is 4.83. The van der Waals surface area contributed by atoms with Gasteiger partial charge >= 0.3 is 6.03 Å². The zero-order valence-corrected chi connectivity index (χ0v) is 8.20. The van der Waals surface area contributed by atoms with E-state index in [9.17, 15) is 9.59 Å². The monoisotopic (exact) mass is 184 g/mol. The summed E-state index contributed by atoms with van der Waals surface area (Å²) in [6.07, 6.45) is 3.54. The molecule has 0 aromatic carbocycles. The molecule has 0 aromatic rings. The fourth-order valence-corrected chi connectivity index (χ4v) is 1.02. The zero-order chi connectivity index (χ0) is 10.4. The zero-order valence-electron chi connectivity index (χ0n) is 8.20. The predicted octanol–water partition coefficient (Wildman–Crippen LogP) is 1.03. The molecular formula is C9H16N2O2. The molecule has 0 aliphatic rings. The molecule has 13 heavy (non-hydrogen) atoms. The van der Waals surface area contributed by atoms with E-state index in [1.165, 1.54) is 0 Å². The number of imide groups is 1. The summed E-state index contributed by atoms with van der Waals surface area (Å²) in [4.78, 5) is 21.7. The van der Waals surface area contributed by atoms with Gasteiger partial charge in [0.1, 0.15) is 0 Å². The van der Waals surface area contributed by atoms with Gasteiger partial charge in [-0.15, -0.1) is 0 Å². The minimum Gasteiger partial charge on any atom is -0.351 e. The first kappa shape index (κ1) is 11.7. The summed E-state index contributed by atoms with van der Waals surface area (Å²) in [6, 6.07) is -0.805. The maximum atomic E-state index is 11.3. The van der Waals surface area contributed by atoms with Crippen LogP contribution in [0.1, 0.15) is 20.8 Å². The molecule has 0 unspecified atom stereocenters. The normalized spacial score (nSPS) is 13.2. The lowest BCUT2D eigenvalue weighted by Gasteiger charge is -2.14. The van der Waals surface area contributed by atoms with Crippen LogP contribution in [0.2, 0.25) is 0 Å². The molecule has 0 rings (SSSR count). The van der Waals surface area contributed by atoms with Crippen LogP contribution >= 0.6 is 0 Å². The lowest BCUT2D eigenvalue weighted by atomic mass is 9.94. The fourth-order valence-electron chi connectivity index (χ4n) is 1.02. The highest BCUT2D eigenvalue weighted by Crippen LogP contribution is 2.12. The minimum atomic E-state index is -0.805. The van der Waals surface area contributed by atoms with E-state index in [0.717, 1.165) is 0 Å². The van der Waals surface area contributed by atoms with E-state index in [0.29, 0.717) is 0 Å². The van der Waals surface area contributed by atoms with Crippen LogP contribution in [-0.4, -0.2) is 11.9 Å². The summed E-state index contributed by atoms with van der Waals surface area (Å²) in [6.45, 7) is 5.64. The highest BCUT2D eigenvalue weighted by Gasteiger charge is 2.19. The highest BCUT2D eigenvalue weighted by molar-refractivity contribution is 5.95. The van der Waals surface area contributed by atoms with Gasteiger partial charge in [0.2, 0.25) is 5.91 Å². The molecule has 3 amide bonds. The summed E-state index contributed by atoms with van der Waals surface area (Å²) in [7, 11) is 0. The summed E-state index contributed by atoms with van der Waals surface area (Å²) >= 11 is 0. The number of carbonyl (C=O) groups is 2. The van der Waals surface area contributed by atoms with E-state index >= 15 is 0 Å². The van der Waals surface area contributed by atoms with Gasteiger partial charge in [-0.1, -0.05) is 26.0 Å². The number of hydrogen-bond acceptors (Lipinski definition) is 2. The van der Waals surface area contributed by atoms with Crippen LogP contribution in [-0.2, 0) is 4.79 Å². The maximum Gasteiger partial charge on any atom is 0.318 e. The topological polar surface area (TPSA) is 72.2 Å². The molecule has 0 heterocycles. The van der Waals surface area contributed by atoms with Gasteiger partial charge in [-0.2, -0.15) is 0 Å². The molecule has 4 nitrogen and oxygen atoms in total. The van der Waals surface area contributed by atoms with E-state index < -0.39 is 6.03 Å². The molecule has 3 N–H and O–H groups in total. The maximum absolute atomic E-state index is 11.3. The summed E-state index contributed by atoms with van der Waals surface area (Å²) in [5, 5.41) is 2.06. The van der Waals surface area contributed by atoms with Crippen molar-refractivity contribution in [1.82, 2.24) is 5.32 Å². The van der Waals surface area contributed by atoms with Gasteiger partial charge in [0.15, 0.2) is 0 Å². The minimum absolute atomic E-state index is 0.149. The quantitative estimate of drug-likeness (QED) is 0.643. The molecule has 0 aliphatic heterocycles. The van der Waals surface area contributed by atoms with E-state index in [4.69, 9.17) is 5.73 Å². The highest BCUT2D eigenvalue weighted by atomic mass is 16.2. The van der Waals surface area contributed by atoms with E-state index in [1.807, 2.05) is 20.8 Å². The second kappa shape index (κ2) is 5.35. The number of urea groups is 1. The third-order valence-electron chi connectivity index (χ3n) is 1.67. The Morgan fingerprint density at radius 3 is 2.23 bits per heavy atom. The van der Waals surface area contributed by atoms with Crippen LogP contribution in [0.15, 0.2) is 12.2 Å². The smallest absolute Gasteiger partial charge is 0.318 e. The van der Waals surface area contributed by atoms with Crippen LogP contribution in [0.5, 0.6) is 0 Å². The van der Waals surface area contributed by atoms with Crippen molar-refractivity contribution in [3.8, 4) is 0 Å². The van der Waals surface area contributed by atoms with Crippen LogP contribution in [0.4, 0.5) is 4.79 Å². The van der Waals surface area contributed by atoms with Crippen molar-refractivity contribution in [1.29, 1.82) is 0 Å². The largest absolute Gasteiger partial charge is 0.351 e. The first-order chi connectivity index (χ1) is 5.99. The standard InChI is InChI=1S/C9H16N2O2/c1-4-5-7(6(2)3)8(12)11-9(10)13/h4-7H,1-3H3,(H3,10,11,12,13)/b5-4-/t7-/m1/s1. The first-order valence-corrected chi connectivity index (χ1v) is 4.22. The number of rotatable bonds is 3. The predicted molar refractivity (Wildman–Crippen MR) is 50.9 cm³/mol. The van der Waals surface area contributed by atoms with Crippen molar-refractivity contribution in [3.05, 3.63) is 12.2 Å². The van der Waals surface area contributed by atoms with E-state index in [2.05, 4.69) is 5.32 Å². The molecule has 0 radical (unpaired) electrons. The number of carbonyl (C=O) groups excluding carboxylic acids is 2. The second-order valence-electron chi connectivity index (χ2n) is 3.15. The van der Waals surface area contributed by atoms with Crippen LogP contribution in [0, 0.1) is 11.8 Å². The fraction of sp³-hybridized carbons (Fsp3) is 0.556. The van der Waals surface area contributed by atoms with Crippen LogP contribution in [0.25, 0.3) is 0 Å². The Morgan fingerprint density at radius 1 is 1.38 bits per heavy atom. The average Bonchev–Trinajstić information content (AvgIpc) is 1.97. The molecule has 0 saturated carbocycles. The number of nitrogens with two attached hydrogens (primary N) is 1. The Morgan fingerprint density at radius 2 is 1.92 bits per heavy atom. The molecule has 0 saturated heterocycles. The Labute approximate surface area is 78.2 Å². The summed E-state index contributed by atoms with van der Waals surface area (Å²) in [5.74, 6) is -0.492. The van der Waals surface area contributed by atoms with Gasteiger partial charge in [-0.3, -0.25) is 10.1 Å². The molecular weight excluding hydrogens is 168 g/mol. The number of allylic oxidation sites excluding steroid dienone is 1. The van der Waals surface area contributed by atoms with Crippen molar-refractivity contribution >= 4 is 11.9 Å². The molecule has 0 aliphatic carbocycles. The number of nitrogens with one attached hydrogen (secondary N) is 1. The van der Waals surface area contributed by atoms with Gasteiger partial charge in [0.25, 0.3) is 0 Å². The Bertz CT molecular complexity index is 222. The molecule has 74 valence electrons. The van der Waals surface area contributed by atoms with Crippen molar-refractivity contribution in [3.63, 3.8) is 0 Å². The van der Waals surface area contributed by atoms with Gasteiger partial charge < -0.3 is 5.73 Å². The molecule has 0 aromatic heterocycles. The van der Waals surface area contributed by atoms with E-state index in [-0.39, 0.29) is 17.7 Å². The molecule has 0 bridgehead atoms. The number of hydrogen-bond donors (Lipinski definition) is 2. The average molecular weight is 184 g/mol. The SMILES string of the molecule is C/C=C\[C@@H](C(=O)NC(N)=O)C(C)C. The van der Waals surface area contributed by atoms with Crippen molar-refractivity contribution in [2.45, 2.75) is 20.8 Å². The van der Waals surface area contributed by atoms with Gasteiger partial charge in [-0.05, 0) is 12.8 Å². The summed E-state index contributed by atoms with van der Waals surface area (Å²) < 4.78 is 0. The molecule has 1 atom stereocenters. The Balaban J connectivity index is 4.37. The van der Waals surface area contributed by atoms with Gasteiger partial charge in [0, 0.05) is 0 Å². The van der Waals surface area contributed by atoms with Crippen LogP contribution in [0.3, 0.4) is 0 Å². The van der Waals surface area contributed by atoms with Crippen molar-refractivity contribution < 1.29 is 9.59 Å². The lowest BCUT2D eigenvalue weighted by molar-refractivity contribution is -0.123. The van der Waals surface area contributed by atoms with Crippen molar-refractivity contribution in [2.75, 3.05) is 0 Å². The number of amides is 3. The van der Waals surface area contributed by atoms with Crippen molar-refractivity contribution in [2.24, 2.45) is 17.6 Å². The Kier molecular flexibility index (Phi) is 4.80. The van der Waals surface area contributed by atoms with Crippen LogP contribution < -0.4 is 11.1 Å². The van der Waals surface area contributed by atoms with Gasteiger partial charge in [-0.25, -0.2) is 4.79 Å².